The Bertz CT molecular complexity index is 953. The van der Waals surface area contributed by atoms with Crippen molar-refractivity contribution in [1.82, 2.24) is 0 Å². The summed E-state index contributed by atoms with van der Waals surface area (Å²) in [5.41, 5.74) is 4.28. The molecule has 0 unspecified atom stereocenters. The van der Waals surface area contributed by atoms with E-state index < -0.39 is 0 Å². The number of halogens is 2. The van der Waals surface area contributed by atoms with Gasteiger partial charge in [0.2, 0.25) is 0 Å². The van der Waals surface area contributed by atoms with Crippen LogP contribution in [0, 0.1) is 13.8 Å². The average Bonchev–Trinajstić information content (AvgIpc) is 3.25. The second-order valence-corrected chi connectivity index (χ2v) is 11.4. The molecule has 4 aromatic carbocycles. The van der Waals surface area contributed by atoms with Crippen LogP contribution in [0.5, 0.6) is 0 Å². The molecule has 0 saturated heterocycles. The Morgan fingerprint density at radius 1 is 0.800 bits per heavy atom. The quantitative estimate of drug-likeness (QED) is 0.276. The van der Waals surface area contributed by atoms with Gasteiger partial charge in [-0.15, -0.1) is 68.8 Å². The molecule has 0 saturated carbocycles. The van der Waals surface area contributed by atoms with Crippen LogP contribution in [0.2, 0.25) is 0 Å². The number of fused-ring (bicyclic) bond motifs is 2. The maximum atomic E-state index is 2.39. The van der Waals surface area contributed by atoms with Crippen molar-refractivity contribution in [3.8, 4) is 0 Å². The molecular formula is C26H31Cl2PZr. The molecule has 4 rings (SSSR count). The largest absolute Gasteiger partial charge is 4.00 e. The average molecular weight is 537 g/mol. The normalized spacial score (nSPS) is 10.4. The van der Waals surface area contributed by atoms with E-state index in [2.05, 4.69) is 108 Å². The summed E-state index contributed by atoms with van der Waals surface area (Å²) in [7, 11) is -0.0206. The smallest absolute Gasteiger partial charge is 1.00 e. The molecule has 0 aliphatic carbocycles. The van der Waals surface area contributed by atoms with Crippen LogP contribution in [-0.4, -0.2) is 11.3 Å². The molecule has 0 aliphatic heterocycles. The third-order valence-corrected chi connectivity index (χ3v) is 8.34. The standard InChI is InChI=1S/C15H20P.C11H11.2ClH.Zr/c1-11(2)16(12(3)4)15-9-13-7-5-6-8-14(13)10-15;1-8-6-7-9(2)11-5-3-4-10(8)11;;;/h5-12H,1-4H3;3-7H,1-2H3;2*1H;/q2*-1;;;+4/p-2. The fraction of sp³-hybridized carbons (Fsp3) is 0.308. The van der Waals surface area contributed by atoms with Gasteiger partial charge in [-0.05, 0) is 18.2 Å². The Morgan fingerprint density at radius 3 is 1.97 bits per heavy atom. The maximum absolute atomic E-state index is 2.39. The molecule has 0 spiro atoms. The molecule has 0 aromatic heterocycles. The van der Waals surface area contributed by atoms with Crippen LogP contribution in [0.25, 0.3) is 21.5 Å². The minimum absolute atomic E-state index is 0. The Kier molecular flexibility index (Phi) is 13.0. The van der Waals surface area contributed by atoms with E-state index in [1.54, 1.807) is 5.30 Å². The molecule has 0 heterocycles. The van der Waals surface area contributed by atoms with E-state index in [1.165, 1.54) is 32.7 Å². The Labute approximate surface area is 215 Å². The molecular weight excluding hydrogens is 505 g/mol. The summed E-state index contributed by atoms with van der Waals surface area (Å²) in [6, 6.07) is 24.3. The first-order valence-corrected chi connectivity index (χ1v) is 11.4. The molecule has 4 heteroatoms. The van der Waals surface area contributed by atoms with Gasteiger partial charge in [0, 0.05) is 0 Å². The number of benzene rings is 2. The molecule has 0 N–H and O–H groups in total. The van der Waals surface area contributed by atoms with Crippen LogP contribution < -0.4 is 30.1 Å². The maximum Gasteiger partial charge on any atom is 4.00 e. The van der Waals surface area contributed by atoms with Gasteiger partial charge in [0.05, 0.1) is 0 Å². The summed E-state index contributed by atoms with van der Waals surface area (Å²) in [5.74, 6) is 0. The van der Waals surface area contributed by atoms with Crippen molar-refractivity contribution < 1.29 is 51.0 Å². The molecule has 0 radical (unpaired) electrons. The van der Waals surface area contributed by atoms with Crippen LogP contribution in [0.1, 0.15) is 38.8 Å². The summed E-state index contributed by atoms with van der Waals surface area (Å²) in [6.07, 6.45) is 0. The summed E-state index contributed by atoms with van der Waals surface area (Å²) in [5, 5.41) is 7.15. The molecule has 0 aliphatic rings. The van der Waals surface area contributed by atoms with Gasteiger partial charge in [-0.3, -0.25) is 0 Å². The van der Waals surface area contributed by atoms with Gasteiger partial charge >= 0.3 is 26.2 Å². The third kappa shape index (κ3) is 6.77. The first-order chi connectivity index (χ1) is 12.9. The summed E-state index contributed by atoms with van der Waals surface area (Å²) in [4.78, 5) is 0. The molecule has 158 valence electrons. The number of hydrogen-bond acceptors (Lipinski definition) is 0. The molecule has 0 bridgehead atoms. The summed E-state index contributed by atoms with van der Waals surface area (Å²) in [6.45, 7) is 13.7. The zero-order valence-corrected chi connectivity index (χ0v) is 23.6. The Morgan fingerprint density at radius 2 is 1.40 bits per heavy atom. The van der Waals surface area contributed by atoms with Gasteiger partial charge in [0.15, 0.2) is 0 Å². The van der Waals surface area contributed by atoms with Crippen LogP contribution in [0.15, 0.2) is 66.7 Å². The van der Waals surface area contributed by atoms with Crippen molar-refractivity contribution in [2.75, 3.05) is 0 Å². The first-order valence-electron chi connectivity index (χ1n) is 9.94. The van der Waals surface area contributed by atoms with Crippen molar-refractivity contribution in [2.24, 2.45) is 0 Å². The molecule has 30 heavy (non-hydrogen) atoms. The van der Waals surface area contributed by atoms with Crippen LogP contribution in [0.4, 0.5) is 0 Å². The van der Waals surface area contributed by atoms with Crippen LogP contribution in [0.3, 0.4) is 0 Å². The molecule has 0 nitrogen and oxygen atoms in total. The SMILES string of the molecule is CC(C)P(c1cc2ccccc2[cH-]1)C(C)C.Cc1ccc(C)c2[cH-]ccc12.[Cl-].[Cl-].[Zr+4]. The van der Waals surface area contributed by atoms with Gasteiger partial charge in [0.25, 0.3) is 0 Å². The monoisotopic (exact) mass is 534 g/mol. The van der Waals surface area contributed by atoms with Gasteiger partial charge < -0.3 is 24.8 Å². The van der Waals surface area contributed by atoms with E-state index in [1.807, 2.05) is 0 Å². The van der Waals surface area contributed by atoms with Gasteiger partial charge in [-0.1, -0.05) is 60.2 Å². The number of rotatable bonds is 3. The summed E-state index contributed by atoms with van der Waals surface area (Å²) < 4.78 is 0. The Balaban J connectivity index is 0.000000535. The van der Waals surface area contributed by atoms with Crippen molar-refractivity contribution in [3.63, 3.8) is 0 Å². The topological polar surface area (TPSA) is 0 Å². The van der Waals surface area contributed by atoms with Crippen molar-refractivity contribution >= 4 is 34.8 Å². The zero-order valence-electron chi connectivity index (χ0n) is 18.7. The molecule has 4 aromatic rings. The summed E-state index contributed by atoms with van der Waals surface area (Å²) >= 11 is 0. The van der Waals surface area contributed by atoms with Gasteiger partial charge in [-0.25, -0.2) is 0 Å². The second-order valence-electron chi connectivity index (χ2n) is 7.99. The van der Waals surface area contributed by atoms with Crippen molar-refractivity contribution in [1.29, 1.82) is 0 Å². The van der Waals surface area contributed by atoms with Crippen molar-refractivity contribution in [2.45, 2.75) is 52.9 Å². The Hall–Kier alpha value is -0.447. The van der Waals surface area contributed by atoms with Crippen molar-refractivity contribution in [3.05, 3.63) is 77.9 Å². The van der Waals surface area contributed by atoms with Gasteiger partial charge in [-0.2, -0.15) is 18.2 Å². The van der Waals surface area contributed by atoms with Crippen LogP contribution >= 0.6 is 7.92 Å². The molecule has 0 amide bonds. The minimum atomic E-state index is -0.0206. The molecule has 0 atom stereocenters. The van der Waals surface area contributed by atoms with Crippen LogP contribution in [-0.2, 0) is 26.2 Å². The predicted molar refractivity (Wildman–Crippen MR) is 125 cm³/mol. The van der Waals surface area contributed by atoms with Gasteiger partial charge in [0.1, 0.15) is 0 Å². The van der Waals surface area contributed by atoms with E-state index in [0.717, 1.165) is 11.3 Å². The first kappa shape index (κ1) is 29.6. The fourth-order valence-corrected chi connectivity index (χ4v) is 6.97. The van der Waals surface area contributed by atoms with E-state index in [9.17, 15) is 0 Å². The predicted octanol–water partition coefficient (Wildman–Crippen LogP) is 1.66. The van der Waals surface area contributed by atoms with E-state index >= 15 is 0 Å². The van der Waals surface area contributed by atoms with E-state index in [-0.39, 0.29) is 58.9 Å². The fourth-order valence-electron chi connectivity index (χ4n) is 4.01. The third-order valence-electron chi connectivity index (χ3n) is 5.26. The van der Waals surface area contributed by atoms with E-state index in [4.69, 9.17) is 0 Å². The van der Waals surface area contributed by atoms with E-state index in [0.29, 0.717) is 0 Å². The number of aryl methyl sites for hydroxylation is 2. The second kappa shape index (κ2) is 13.2. The minimum Gasteiger partial charge on any atom is -1.00 e. The zero-order chi connectivity index (χ0) is 19.6. The number of hydrogen-bond donors (Lipinski definition) is 0. The molecule has 0 fully saturated rings.